The third-order valence-electron chi connectivity index (χ3n) is 4.44. The molecule has 2 heteroatoms. The first-order valence-corrected chi connectivity index (χ1v) is 8.10. The molecule has 0 saturated carbocycles. The molecule has 3 rings (SSSR count). The van der Waals surface area contributed by atoms with E-state index in [2.05, 4.69) is 61.8 Å². The summed E-state index contributed by atoms with van der Waals surface area (Å²) in [6.45, 7) is 7.73. The number of halogens is 1. The second kappa shape index (κ2) is 5.73. The molecule has 1 aliphatic rings. The predicted molar refractivity (Wildman–Crippen MR) is 95.4 cm³/mol. The molecule has 0 bridgehead atoms. The van der Waals surface area contributed by atoms with E-state index in [1.807, 2.05) is 24.3 Å². The maximum atomic E-state index is 6.27. The Bertz CT molecular complexity index is 769. The van der Waals surface area contributed by atoms with Crippen molar-refractivity contribution >= 4 is 29.1 Å². The van der Waals surface area contributed by atoms with Crippen LogP contribution in [0.4, 0.5) is 5.69 Å². The molecule has 0 amide bonds. The van der Waals surface area contributed by atoms with E-state index < -0.39 is 0 Å². The normalized spacial score (nSPS) is 16.4. The van der Waals surface area contributed by atoms with Crippen molar-refractivity contribution in [2.45, 2.75) is 26.2 Å². The Morgan fingerprint density at radius 1 is 1.00 bits per heavy atom. The molecule has 0 spiro atoms. The van der Waals surface area contributed by atoms with Crippen LogP contribution in [-0.2, 0) is 5.41 Å². The summed E-state index contributed by atoms with van der Waals surface area (Å²) in [4.78, 5) is 0. The highest BCUT2D eigenvalue weighted by Crippen LogP contribution is 2.39. The summed E-state index contributed by atoms with van der Waals surface area (Å²) in [6, 6.07) is 16.6. The monoisotopic (exact) mass is 310 g/mol. The molecule has 2 aromatic rings. The number of hydrogen-bond acceptors (Lipinski definition) is 0. The Kier molecular flexibility index (Phi) is 3.92. The van der Waals surface area contributed by atoms with E-state index in [9.17, 15) is 0 Å². The molecule has 1 nitrogen and oxygen atoms in total. The molecule has 0 N–H and O–H groups in total. The van der Waals surface area contributed by atoms with Gasteiger partial charge in [-0.2, -0.15) is 4.58 Å². The molecular formula is C20H21ClN+. The van der Waals surface area contributed by atoms with Gasteiger partial charge in [0.1, 0.15) is 6.54 Å². The summed E-state index contributed by atoms with van der Waals surface area (Å²) in [7, 11) is 0. The van der Waals surface area contributed by atoms with Gasteiger partial charge in [0.2, 0.25) is 5.69 Å². The van der Waals surface area contributed by atoms with Crippen molar-refractivity contribution < 1.29 is 4.58 Å². The molecule has 0 fully saturated rings. The van der Waals surface area contributed by atoms with E-state index >= 15 is 0 Å². The smallest absolute Gasteiger partial charge is 0.195 e. The van der Waals surface area contributed by atoms with Gasteiger partial charge < -0.3 is 0 Å². The SMILES string of the molecule is CC[N+]1=C(C=Cc2ccccc2Cl)C(C)(C)c2ccccc21. The van der Waals surface area contributed by atoms with Crippen molar-refractivity contribution in [1.29, 1.82) is 0 Å². The summed E-state index contributed by atoms with van der Waals surface area (Å²) in [5.74, 6) is 0. The second-order valence-corrected chi connectivity index (χ2v) is 6.53. The Hall–Kier alpha value is -1.86. The van der Waals surface area contributed by atoms with Crippen LogP contribution in [0, 0.1) is 0 Å². The first-order valence-electron chi connectivity index (χ1n) is 7.72. The Balaban J connectivity index is 2.08. The van der Waals surface area contributed by atoms with Crippen LogP contribution in [0.25, 0.3) is 6.08 Å². The molecule has 0 atom stereocenters. The highest BCUT2D eigenvalue weighted by atomic mass is 35.5. The van der Waals surface area contributed by atoms with Gasteiger partial charge in [-0.25, -0.2) is 0 Å². The van der Waals surface area contributed by atoms with E-state index in [-0.39, 0.29) is 5.41 Å². The largest absolute Gasteiger partial charge is 0.209 e. The van der Waals surface area contributed by atoms with Gasteiger partial charge in [0.15, 0.2) is 5.71 Å². The van der Waals surface area contributed by atoms with E-state index in [1.165, 1.54) is 17.0 Å². The van der Waals surface area contributed by atoms with Crippen molar-refractivity contribution in [1.82, 2.24) is 0 Å². The summed E-state index contributed by atoms with van der Waals surface area (Å²) in [5.41, 5.74) is 5.07. The van der Waals surface area contributed by atoms with Crippen LogP contribution in [0.15, 0.2) is 54.6 Å². The summed E-state index contributed by atoms with van der Waals surface area (Å²) in [6.07, 6.45) is 4.33. The number of rotatable bonds is 3. The van der Waals surface area contributed by atoms with Crippen LogP contribution >= 0.6 is 11.6 Å². The summed E-state index contributed by atoms with van der Waals surface area (Å²) < 4.78 is 2.39. The maximum Gasteiger partial charge on any atom is 0.209 e. The van der Waals surface area contributed by atoms with Gasteiger partial charge in [-0.3, -0.25) is 0 Å². The fourth-order valence-corrected chi connectivity index (χ4v) is 3.46. The average Bonchev–Trinajstić information content (AvgIpc) is 2.74. The highest BCUT2D eigenvalue weighted by molar-refractivity contribution is 6.32. The third kappa shape index (κ3) is 2.40. The Labute approximate surface area is 137 Å². The zero-order chi connectivity index (χ0) is 15.7. The zero-order valence-corrected chi connectivity index (χ0v) is 14.1. The molecule has 0 saturated heterocycles. The summed E-state index contributed by atoms with van der Waals surface area (Å²) >= 11 is 6.27. The fraction of sp³-hybridized carbons (Fsp3) is 0.250. The first kappa shape index (κ1) is 15.1. The quantitative estimate of drug-likeness (QED) is 0.663. The molecule has 112 valence electrons. The number of nitrogens with zero attached hydrogens (tertiary/aromatic N) is 1. The fourth-order valence-electron chi connectivity index (χ4n) is 3.26. The average molecular weight is 311 g/mol. The zero-order valence-electron chi connectivity index (χ0n) is 13.3. The van der Waals surface area contributed by atoms with Gasteiger partial charge >= 0.3 is 0 Å². The van der Waals surface area contributed by atoms with Gasteiger partial charge in [-0.05, 0) is 38.5 Å². The minimum absolute atomic E-state index is 0.00433. The number of benzene rings is 2. The van der Waals surface area contributed by atoms with Gasteiger partial charge in [0.05, 0.1) is 5.41 Å². The molecule has 22 heavy (non-hydrogen) atoms. The molecule has 1 heterocycles. The van der Waals surface area contributed by atoms with E-state index in [0.717, 1.165) is 17.1 Å². The molecule has 0 aliphatic carbocycles. The van der Waals surface area contributed by atoms with Crippen LogP contribution < -0.4 is 0 Å². The van der Waals surface area contributed by atoms with Crippen molar-refractivity contribution in [2.75, 3.05) is 6.54 Å². The number of allylic oxidation sites excluding steroid dienone is 1. The second-order valence-electron chi connectivity index (χ2n) is 6.13. The topological polar surface area (TPSA) is 3.01 Å². The molecule has 0 unspecified atom stereocenters. The van der Waals surface area contributed by atoms with Gasteiger partial charge in [-0.15, -0.1) is 0 Å². The Morgan fingerprint density at radius 3 is 2.41 bits per heavy atom. The summed E-state index contributed by atoms with van der Waals surface area (Å²) in [5, 5.41) is 0.788. The third-order valence-corrected chi connectivity index (χ3v) is 4.79. The van der Waals surface area contributed by atoms with Crippen molar-refractivity contribution in [3.8, 4) is 0 Å². The lowest BCUT2D eigenvalue weighted by molar-refractivity contribution is -0.433. The van der Waals surface area contributed by atoms with E-state index in [4.69, 9.17) is 11.6 Å². The predicted octanol–water partition coefficient (Wildman–Crippen LogP) is 5.45. The van der Waals surface area contributed by atoms with Crippen LogP contribution in [0.3, 0.4) is 0 Å². The van der Waals surface area contributed by atoms with E-state index in [0.29, 0.717) is 0 Å². The van der Waals surface area contributed by atoms with Gasteiger partial charge in [-0.1, -0.05) is 48.0 Å². The lowest BCUT2D eigenvalue weighted by Crippen LogP contribution is -2.27. The molecule has 1 aliphatic heterocycles. The maximum absolute atomic E-state index is 6.27. The lowest BCUT2D eigenvalue weighted by atomic mass is 9.81. The standard InChI is InChI=1S/C20H21ClN/c1-4-22-18-12-8-6-10-16(18)20(2,3)19(22)14-13-15-9-5-7-11-17(15)21/h5-14H,4H2,1-3H3/q+1. The molecular weight excluding hydrogens is 290 g/mol. The van der Waals surface area contributed by atoms with E-state index in [1.54, 1.807) is 0 Å². The number of para-hydroxylation sites is 1. The Morgan fingerprint density at radius 2 is 1.68 bits per heavy atom. The van der Waals surface area contributed by atoms with Crippen LogP contribution in [0.5, 0.6) is 0 Å². The minimum Gasteiger partial charge on any atom is -0.195 e. The highest BCUT2D eigenvalue weighted by Gasteiger charge is 2.43. The molecule has 0 radical (unpaired) electrons. The number of fused-ring (bicyclic) bond motifs is 1. The van der Waals surface area contributed by atoms with Crippen LogP contribution in [0.2, 0.25) is 5.02 Å². The minimum atomic E-state index is 0.00433. The van der Waals surface area contributed by atoms with Gasteiger partial charge in [0, 0.05) is 22.7 Å². The van der Waals surface area contributed by atoms with Crippen LogP contribution in [-0.4, -0.2) is 16.8 Å². The van der Waals surface area contributed by atoms with Crippen molar-refractivity contribution in [2.24, 2.45) is 0 Å². The lowest BCUT2D eigenvalue weighted by Gasteiger charge is -2.15. The molecule has 2 aromatic carbocycles. The van der Waals surface area contributed by atoms with Crippen LogP contribution in [0.1, 0.15) is 31.9 Å². The van der Waals surface area contributed by atoms with Crippen molar-refractivity contribution in [3.63, 3.8) is 0 Å². The number of hydrogen-bond donors (Lipinski definition) is 0. The van der Waals surface area contributed by atoms with Gasteiger partial charge in [0.25, 0.3) is 0 Å². The first-order chi connectivity index (χ1) is 10.6. The van der Waals surface area contributed by atoms with Crippen molar-refractivity contribution in [3.05, 3.63) is 70.8 Å². The molecule has 0 aromatic heterocycles.